The minimum absolute atomic E-state index is 0.113. The van der Waals surface area contributed by atoms with Gasteiger partial charge in [-0.05, 0) is 18.1 Å². The van der Waals surface area contributed by atoms with E-state index in [2.05, 4.69) is 4.72 Å². The number of nitrogens with one attached hydrogen (secondary N) is 1. The van der Waals surface area contributed by atoms with Gasteiger partial charge in [0.25, 0.3) is 0 Å². The number of benzene rings is 1. The summed E-state index contributed by atoms with van der Waals surface area (Å²) in [5.74, 6) is -1.18. The van der Waals surface area contributed by atoms with Gasteiger partial charge in [-0.15, -0.1) is 0 Å². The van der Waals surface area contributed by atoms with Crippen molar-refractivity contribution in [1.82, 2.24) is 4.72 Å². The van der Waals surface area contributed by atoms with Gasteiger partial charge < -0.3 is 15.6 Å². The van der Waals surface area contributed by atoms with E-state index in [0.29, 0.717) is 0 Å². The number of aliphatic hydroxyl groups excluding tert-OH is 1. The number of hydrogen-bond donors (Lipinski definition) is 3. The quantitative estimate of drug-likeness (QED) is 0.672. The number of hydrogen-bond acceptors (Lipinski definition) is 5. The van der Waals surface area contributed by atoms with Crippen molar-refractivity contribution in [3.05, 3.63) is 17.9 Å². The SMILES string of the molecule is COc1c(N)cc(S(=O)(=O)N[C@H](CO)C(C)C)cc1F. The van der Waals surface area contributed by atoms with Crippen molar-refractivity contribution in [3.8, 4) is 5.75 Å². The second-order valence-electron chi connectivity index (χ2n) is 4.68. The molecule has 0 heterocycles. The highest BCUT2D eigenvalue weighted by molar-refractivity contribution is 7.89. The van der Waals surface area contributed by atoms with E-state index in [1.54, 1.807) is 13.8 Å². The van der Waals surface area contributed by atoms with Crippen molar-refractivity contribution in [2.24, 2.45) is 5.92 Å². The first kappa shape index (κ1) is 16.7. The van der Waals surface area contributed by atoms with Crippen LogP contribution in [0.3, 0.4) is 0 Å². The number of rotatable bonds is 6. The van der Waals surface area contributed by atoms with Gasteiger partial charge in [0.1, 0.15) is 0 Å². The van der Waals surface area contributed by atoms with Crippen LogP contribution >= 0.6 is 0 Å². The van der Waals surface area contributed by atoms with Crippen molar-refractivity contribution < 1.29 is 22.7 Å². The molecule has 0 aliphatic heterocycles. The Bertz CT molecular complexity index is 552. The molecule has 0 amide bonds. The topological polar surface area (TPSA) is 102 Å². The van der Waals surface area contributed by atoms with Gasteiger partial charge in [0.15, 0.2) is 11.6 Å². The zero-order chi connectivity index (χ0) is 15.5. The Hall–Kier alpha value is -1.38. The van der Waals surface area contributed by atoms with Gasteiger partial charge in [0, 0.05) is 6.04 Å². The van der Waals surface area contributed by atoms with Crippen molar-refractivity contribution in [2.45, 2.75) is 24.8 Å². The number of ether oxygens (including phenoxy) is 1. The van der Waals surface area contributed by atoms with E-state index in [1.807, 2.05) is 0 Å². The van der Waals surface area contributed by atoms with Gasteiger partial charge in [-0.3, -0.25) is 0 Å². The van der Waals surface area contributed by atoms with Crippen LogP contribution in [0.25, 0.3) is 0 Å². The van der Waals surface area contributed by atoms with Crippen LogP contribution in [-0.4, -0.2) is 33.3 Å². The molecule has 0 aliphatic carbocycles. The Morgan fingerprint density at radius 1 is 1.45 bits per heavy atom. The van der Waals surface area contributed by atoms with Crippen LogP contribution in [0, 0.1) is 11.7 Å². The Kier molecular flexibility index (Phi) is 5.32. The van der Waals surface area contributed by atoms with Crippen LogP contribution in [0.2, 0.25) is 0 Å². The second-order valence-corrected chi connectivity index (χ2v) is 6.40. The summed E-state index contributed by atoms with van der Waals surface area (Å²) in [6, 6.07) is 1.28. The number of nitrogen functional groups attached to an aromatic ring is 1. The van der Waals surface area contributed by atoms with E-state index >= 15 is 0 Å². The maximum absolute atomic E-state index is 13.7. The predicted molar refractivity (Wildman–Crippen MR) is 73.4 cm³/mol. The van der Waals surface area contributed by atoms with Gasteiger partial charge >= 0.3 is 0 Å². The second kappa shape index (κ2) is 6.38. The first-order chi connectivity index (χ1) is 9.22. The Morgan fingerprint density at radius 2 is 2.05 bits per heavy atom. The van der Waals surface area contributed by atoms with Gasteiger partial charge in [0.2, 0.25) is 10.0 Å². The summed E-state index contributed by atoms with van der Waals surface area (Å²) in [7, 11) is -2.73. The predicted octanol–water partition coefficient (Wildman–Crippen LogP) is 0.712. The molecule has 0 bridgehead atoms. The van der Waals surface area contributed by atoms with Gasteiger partial charge in [0.05, 0.1) is 24.3 Å². The van der Waals surface area contributed by atoms with Crippen LogP contribution in [0.5, 0.6) is 5.75 Å². The fourth-order valence-electron chi connectivity index (χ4n) is 1.61. The molecule has 1 atom stereocenters. The van der Waals surface area contributed by atoms with E-state index in [0.717, 1.165) is 12.1 Å². The molecular weight excluding hydrogens is 287 g/mol. The zero-order valence-corrected chi connectivity index (χ0v) is 12.4. The van der Waals surface area contributed by atoms with Crippen molar-refractivity contribution in [1.29, 1.82) is 0 Å². The first-order valence-corrected chi connectivity index (χ1v) is 7.47. The van der Waals surface area contributed by atoms with Gasteiger partial charge in [-0.2, -0.15) is 0 Å². The third-order valence-corrected chi connectivity index (χ3v) is 4.34. The van der Waals surface area contributed by atoms with Crippen LogP contribution < -0.4 is 15.2 Å². The lowest BCUT2D eigenvalue weighted by molar-refractivity contribution is 0.227. The summed E-state index contributed by atoms with van der Waals surface area (Å²) >= 11 is 0. The fourth-order valence-corrected chi connectivity index (χ4v) is 3.03. The summed E-state index contributed by atoms with van der Waals surface area (Å²) in [5.41, 5.74) is 5.43. The maximum Gasteiger partial charge on any atom is 0.241 e. The van der Waals surface area contributed by atoms with Gasteiger partial charge in [-0.25, -0.2) is 17.5 Å². The summed E-state index contributed by atoms with van der Waals surface area (Å²) in [6.07, 6.45) is 0. The molecule has 1 rings (SSSR count). The minimum Gasteiger partial charge on any atom is -0.492 e. The van der Waals surface area contributed by atoms with Gasteiger partial charge in [-0.1, -0.05) is 13.8 Å². The molecule has 6 nitrogen and oxygen atoms in total. The fraction of sp³-hybridized carbons (Fsp3) is 0.500. The minimum atomic E-state index is -3.97. The van der Waals surface area contributed by atoms with E-state index < -0.39 is 21.9 Å². The molecule has 4 N–H and O–H groups in total. The molecule has 20 heavy (non-hydrogen) atoms. The number of sulfonamides is 1. The molecule has 1 aromatic rings. The third kappa shape index (κ3) is 3.59. The summed E-state index contributed by atoms with van der Waals surface area (Å²) in [5, 5.41) is 9.15. The lowest BCUT2D eigenvalue weighted by Crippen LogP contribution is -2.41. The van der Waals surface area contributed by atoms with E-state index in [-0.39, 0.29) is 28.9 Å². The Morgan fingerprint density at radius 3 is 2.45 bits per heavy atom. The molecule has 0 saturated heterocycles. The zero-order valence-electron chi connectivity index (χ0n) is 11.6. The number of nitrogens with two attached hydrogens (primary N) is 1. The number of anilines is 1. The maximum atomic E-state index is 13.7. The lowest BCUT2D eigenvalue weighted by Gasteiger charge is -2.20. The Labute approximate surface area is 117 Å². The van der Waals surface area contributed by atoms with Crippen molar-refractivity contribution in [2.75, 3.05) is 19.5 Å². The third-order valence-electron chi connectivity index (χ3n) is 2.87. The molecule has 0 saturated carbocycles. The average molecular weight is 306 g/mol. The van der Waals surface area contributed by atoms with Crippen molar-refractivity contribution in [3.63, 3.8) is 0 Å². The number of aliphatic hydroxyl groups is 1. The smallest absolute Gasteiger partial charge is 0.241 e. The number of methoxy groups -OCH3 is 1. The normalized spacial score (nSPS) is 13.5. The first-order valence-electron chi connectivity index (χ1n) is 5.99. The Balaban J connectivity index is 3.16. The monoisotopic (exact) mass is 306 g/mol. The molecular formula is C12H19FN2O4S. The molecule has 8 heteroatoms. The largest absolute Gasteiger partial charge is 0.492 e. The van der Waals surface area contributed by atoms with E-state index in [9.17, 15) is 12.8 Å². The summed E-state index contributed by atoms with van der Waals surface area (Å²) in [4.78, 5) is -0.313. The molecule has 0 spiro atoms. The van der Waals surface area contributed by atoms with E-state index in [1.165, 1.54) is 7.11 Å². The standard InChI is InChI=1S/C12H19FN2O4S/c1-7(2)11(6-16)15-20(17,18)8-4-9(13)12(19-3)10(14)5-8/h4-5,7,11,15-16H,6,14H2,1-3H3/t11-/m1/s1. The van der Waals surface area contributed by atoms with Crippen LogP contribution in [0.1, 0.15) is 13.8 Å². The highest BCUT2D eigenvalue weighted by Gasteiger charge is 2.24. The highest BCUT2D eigenvalue weighted by atomic mass is 32.2. The molecule has 114 valence electrons. The molecule has 1 aromatic carbocycles. The molecule has 0 unspecified atom stereocenters. The molecule has 0 radical (unpaired) electrons. The van der Waals surface area contributed by atoms with Crippen LogP contribution in [0.4, 0.5) is 10.1 Å². The lowest BCUT2D eigenvalue weighted by atomic mass is 10.1. The highest BCUT2D eigenvalue weighted by Crippen LogP contribution is 2.28. The average Bonchev–Trinajstić information content (AvgIpc) is 2.35. The molecule has 0 aliphatic rings. The van der Waals surface area contributed by atoms with E-state index in [4.69, 9.17) is 15.6 Å². The summed E-state index contributed by atoms with van der Waals surface area (Å²) < 4.78 is 45.0. The number of halogens is 1. The molecule has 0 fully saturated rings. The van der Waals surface area contributed by atoms with Crippen molar-refractivity contribution >= 4 is 15.7 Å². The summed E-state index contributed by atoms with van der Waals surface area (Å²) in [6.45, 7) is 3.16. The van der Waals surface area contributed by atoms with Crippen LogP contribution in [-0.2, 0) is 10.0 Å². The van der Waals surface area contributed by atoms with Crippen LogP contribution in [0.15, 0.2) is 17.0 Å². The molecule has 0 aromatic heterocycles.